The molecular weight excluding hydrogens is 346 g/mol. The van der Waals surface area contributed by atoms with Crippen molar-refractivity contribution in [3.8, 4) is 0 Å². The van der Waals surface area contributed by atoms with Gasteiger partial charge in [0.25, 0.3) is 5.69 Å². The first-order chi connectivity index (χ1) is 13.0. The number of rotatable bonds is 5. The Morgan fingerprint density at radius 2 is 1.89 bits per heavy atom. The van der Waals surface area contributed by atoms with Gasteiger partial charge in [0.15, 0.2) is 0 Å². The van der Waals surface area contributed by atoms with Crippen molar-refractivity contribution in [3.63, 3.8) is 0 Å². The Bertz CT molecular complexity index is 680. The summed E-state index contributed by atoms with van der Waals surface area (Å²) in [7, 11) is 0. The number of hydrogen-bond acceptors (Lipinski definition) is 6. The molecule has 1 aromatic rings. The van der Waals surface area contributed by atoms with E-state index in [0.29, 0.717) is 12.3 Å². The molecule has 0 atom stereocenters. The number of piperazine rings is 1. The van der Waals surface area contributed by atoms with Crippen LogP contribution in [0.1, 0.15) is 31.7 Å². The van der Waals surface area contributed by atoms with E-state index in [1.54, 1.807) is 6.07 Å². The zero-order valence-corrected chi connectivity index (χ0v) is 16.3. The lowest BCUT2D eigenvalue weighted by molar-refractivity contribution is -0.385. The molecule has 148 valence electrons. The summed E-state index contributed by atoms with van der Waals surface area (Å²) in [5.74, 6) is 1.52. The van der Waals surface area contributed by atoms with Gasteiger partial charge in [-0.2, -0.15) is 0 Å². The van der Waals surface area contributed by atoms with E-state index in [4.69, 9.17) is 0 Å². The van der Waals surface area contributed by atoms with Gasteiger partial charge in [0.1, 0.15) is 12.0 Å². The van der Waals surface area contributed by atoms with Gasteiger partial charge in [0, 0.05) is 51.8 Å². The van der Waals surface area contributed by atoms with Crippen LogP contribution in [0.15, 0.2) is 12.3 Å². The van der Waals surface area contributed by atoms with E-state index >= 15 is 0 Å². The van der Waals surface area contributed by atoms with Gasteiger partial charge in [-0.15, -0.1) is 0 Å². The molecule has 27 heavy (non-hydrogen) atoms. The van der Waals surface area contributed by atoms with Gasteiger partial charge in [-0.3, -0.25) is 14.9 Å². The van der Waals surface area contributed by atoms with Crippen LogP contribution < -0.4 is 4.90 Å². The Morgan fingerprint density at radius 3 is 2.44 bits per heavy atom. The average molecular weight is 375 g/mol. The molecule has 0 aliphatic carbocycles. The van der Waals surface area contributed by atoms with E-state index in [0.717, 1.165) is 70.0 Å². The minimum absolute atomic E-state index is 0.0277. The molecule has 2 fully saturated rings. The Hall–Kier alpha value is -2.22. The first-order valence-electron chi connectivity index (χ1n) is 9.84. The van der Waals surface area contributed by atoms with Crippen molar-refractivity contribution in [2.75, 3.05) is 50.7 Å². The van der Waals surface area contributed by atoms with Crippen molar-refractivity contribution < 1.29 is 9.72 Å². The molecule has 8 nitrogen and oxygen atoms in total. The molecule has 1 aromatic heterocycles. The van der Waals surface area contributed by atoms with Crippen LogP contribution in [-0.2, 0) is 4.79 Å². The topological polar surface area (TPSA) is 82.8 Å². The summed E-state index contributed by atoms with van der Waals surface area (Å²) < 4.78 is 0. The number of aryl methyl sites for hydroxylation is 1. The third kappa shape index (κ3) is 4.74. The summed E-state index contributed by atoms with van der Waals surface area (Å²) in [5.41, 5.74) is 0.854. The lowest BCUT2D eigenvalue weighted by Crippen LogP contribution is -2.49. The zero-order valence-electron chi connectivity index (χ0n) is 16.3. The molecule has 0 bridgehead atoms. The van der Waals surface area contributed by atoms with Crippen molar-refractivity contribution in [3.05, 3.63) is 27.9 Å². The highest BCUT2D eigenvalue weighted by Crippen LogP contribution is 2.28. The molecule has 0 saturated carbocycles. The second-order valence-corrected chi connectivity index (χ2v) is 7.54. The predicted molar refractivity (Wildman–Crippen MR) is 104 cm³/mol. The molecule has 2 saturated heterocycles. The number of likely N-dealkylation sites (N-methyl/N-ethyl adjacent to an activating group) is 1. The summed E-state index contributed by atoms with van der Waals surface area (Å²) in [6.07, 6.45) is 3.87. The molecule has 3 heterocycles. The Kier molecular flexibility index (Phi) is 6.26. The normalized spacial score (nSPS) is 19.3. The first kappa shape index (κ1) is 19.5. The van der Waals surface area contributed by atoms with E-state index in [2.05, 4.69) is 21.7 Å². The fourth-order valence-corrected chi connectivity index (χ4v) is 4.02. The summed E-state index contributed by atoms with van der Waals surface area (Å²) in [6, 6.07) is 1.58. The van der Waals surface area contributed by atoms with Gasteiger partial charge < -0.3 is 14.7 Å². The van der Waals surface area contributed by atoms with Gasteiger partial charge in [0.2, 0.25) is 5.91 Å². The molecule has 8 heteroatoms. The molecule has 0 aromatic carbocycles. The molecule has 1 amide bonds. The van der Waals surface area contributed by atoms with Crippen LogP contribution >= 0.6 is 0 Å². The smallest absolute Gasteiger partial charge is 0.287 e. The highest BCUT2D eigenvalue weighted by molar-refractivity contribution is 5.76. The maximum Gasteiger partial charge on any atom is 0.287 e. The number of piperidine rings is 1. The van der Waals surface area contributed by atoms with E-state index in [1.165, 1.54) is 6.20 Å². The number of pyridine rings is 1. The van der Waals surface area contributed by atoms with Crippen LogP contribution in [0.25, 0.3) is 0 Å². The van der Waals surface area contributed by atoms with Gasteiger partial charge in [0.05, 0.1) is 4.92 Å². The predicted octanol–water partition coefficient (Wildman–Crippen LogP) is 2.07. The van der Waals surface area contributed by atoms with Gasteiger partial charge in [-0.25, -0.2) is 4.98 Å². The van der Waals surface area contributed by atoms with Crippen LogP contribution in [0.5, 0.6) is 0 Å². The largest absolute Gasteiger partial charge is 0.356 e. The molecule has 0 N–H and O–H groups in total. The van der Waals surface area contributed by atoms with Crippen LogP contribution in [0.2, 0.25) is 0 Å². The Morgan fingerprint density at radius 1 is 1.22 bits per heavy atom. The number of amides is 1. The lowest BCUT2D eigenvalue weighted by atomic mass is 9.92. The number of carbonyl (C=O) groups excluding carboxylic acids is 1. The molecule has 2 aliphatic rings. The molecular formula is C19H29N5O3. The second kappa shape index (κ2) is 8.65. The fourth-order valence-electron chi connectivity index (χ4n) is 4.02. The summed E-state index contributed by atoms with van der Waals surface area (Å²) >= 11 is 0. The van der Waals surface area contributed by atoms with E-state index in [9.17, 15) is 14.9 Å². The van der Waals surface area contributed by atoms with Gasteiger partial charge >= 0.3 is 0 Å². The quantitative estimate of drug-likeness (QED) is 0.579. The zero-order chi connectivity index (χ0) is 19.4. The number of carbonyl (C=O) groups is 1. The monoisotopic (exact) mass is 375 g/mol. The maximum atomic E-state index is 12.6. The van der Waals surface area contributed by atoms with Crippen molar-refractivity contribution in [1.82, 2.24) is 14.8 Å². The van der Waals surface area contributed by atoms with Crippen molar-refractivity contribution in [1.29, 1.82) is 0 Å². The summed E-state index contributed by atoms with van der Waals surface area (Å²) in [6.45, 7) is 10.4. The van der Waals surface area contributed by atoms with E-state index in [1.807, 2.05) is 11.8 Å². The number of nitrogens with zero attached hydrogens (tertiary/aromatic N) is 5. The maximum absolute atomic E-state index is 12.6. The van der Waals surface area contributed by atoms with Crippen molar-refractivity contribution in [2.24, 2.45) is 5.92 Å². The highest BCUT2D eigenvalue weighted by Gasteiger charge is 2.27. The minimum atomic E-state index is -0.415. The highest BCUT2D eigenvalue weighted by atomic mass is 16.6. The molecule has 0 unspecified atom stereocenters. The van der Waals surface area contributed by atoms with Gasteiger partial charge in [-0.05, 0) is 37.8 Å². The average Bonchev–Trinajstić information content (AvgIpc) is 2.68. The SMILES string of the molecule is CCN1CCN(C(=O)CC2CCN(c3ncc([N+](=O)[O-])cc3C)CC2)CC1. The minimum Gasteiger partial charge on any atom is -0.356 e. The molecule has 3 rings (SSSR count). The number of anilines is 1. The molecule has 0 radical (unpaired) electrons. The number of hydrogen-bond donors (Lipinski definition) is 0. The van der Waals surface area contributed by atoms with Crippen LogP contribution in [-0.4, -0.2) is 71.4 Å². The Labute approximate surface area is 160 Å². The second-order valence-electron chi connectivity index (χ2n) is 7.54. The number of aromatic nitrogens is 1. The third-order valence-electron chi connectivity index (χ3n) is 5.80. The standard InChI is InChI=1S/C19H29N5O3/c1-3-21-8-10-22(11-9-21)18(25)13-16-4-6-23(7-5-16)19-15(2)12-17(14-20-19)24(26)27/h12,14,16H,3-11,13H2,1-2H3. The third-order valence-corrected chi connectivity index (χ3v) is 5.80. The van der Waals surface area contributed by atoms with E-state index in [-0.39, 0.29) is 11.6 Å². The summed E-state index contributed by atoms with van der Waals surface area (Å²) in [5, 5.41) is 10.9. The molecule has 2 aliphatic heterocycles. The van der Waals surface area contributed by atoms with Crippen LogP contribution in [0.3, 0.4) is 0 Å². The fraction of sp³-hybridized carbons (Fsp3) is 0.684. The lowest BCUT2D eigenvalue weighted by Gasteiger charge is -2.36. The summed E-state index contributed by atoms with van der Waals surface area (Å²) in [4.78, 5) is 33.9. The first-order valence-corrected chi connectivity index (χ1v) is 9.84. The van der Waals surface area contributed by atoms with Crippen LogP contribution in [0, 0.1) is 23.0 Å². The number of nitro groups is 1. The van der Waals surface area contributed by atoms with Crippen LogP contribution in [0.4, 0.5) is 11.5 Å². The van der Waals surface area contributed by atoms with E-state index < -0.39 is 4.92 Å². The van der Waals surface area contributed by atoms with Crippen molar-refractivity contribution >= 4 is 17.4 Å². The van der Waals surface area contributed by atoms with Gasteiger partial charge in [-0.1, -0.05) is 6.92 Å². The Balaban J connectivity index is 1.49. The van der Waals surface area contributed by atoms with Crippen molar-refractivity contribution in [2.45, 2.75) is 33.1 Å². The molecule has 0 spiro atoms.